The summed E-state index contributed by atoms with van der Waals surface area (Å²) in [5.41, 5.74) is 8.30. The lowest BCUT2D eigenvalue weighted by Gasteiger charge is -2.42. The van der Waals surface area contributed by atoms with Gasteiger partial charge >= 0.3 is 0 Å². The Morgan fingerprint density at radius 3 is 2.57 bits per heavy atom. The van der Waals surface area contributed by atoms with Crippen molar-refractivity contribution >= 4 is 32.7 Å². The fourth-order valence-corrected chi connectivity index (χ4v) is 5.63. The summed E-state index contributed by atoms with van der Waals surface area (Å²) in [4.78, 5) is 10.8. The summed E-state index contributed by atoms with van der Waals surface area (Å²) in [6.45, 7) is 3.60. The van der Waals surface area contributed by atoms with Crippen molar-refractivity contribution in [1.82, 2.24) is 19.6 Å². The summed E-state index contributed by atoms with van der Waals surface area (Å²) in [6.07, 6.45) is 5.78. The van der Waals surface area contributed by atoms with Crippen molar-refractivity contribution in [2.24, 2.45) is 11.7 Å². The lowest BCUT2D eigenvalue weighted by Crippen LogP contribution is -2.57. The Morgan fingerprint density at radius 2 is 1.86 bits per heavy atom. The van der Waals surface area contributed by atoms with E-state index in [9.17, 15) is 8.42 Å². The zero-order valence-electron chi connectivity index (χ0n) is 24.6. The zero-order valence-corrected chi connectivity index (χ0v) is 25.4. The van der Waals surface area contributed by atoms with E-state index in [4.69, 9.17) is 19.9 Å². The molecule has 3 atom stereocenters. The molecule has 1 aromatic carbocycles. The number of aromatic nitrogens is 4. The number of pyridine rings is 1. The van der Waals surface area contributed by atoms with Crippen LogP contribution in [0.1, 0.15) is 6.92 Å². The number of ether oxygens (including phenoxy) is 3. The first kappa shape index (κ1) is 31.5. The van der Waals surface area contributed by atoms with E-state index in [1.807, 2.05) is 13.0 Å². The summed E-state index contributed by atoms with van der Waals surface area (Å²) in [6, 6.07) is 6.90. The highest BCUT2D eigenvalue weighted by Gasteiger charge is 2.34. The molecule has 0 unspecified atom stereocenters. The van der Waals surface area contributed by atoms with Gasteiger partial charge in [0.05, 0.1) is 65.6 Å². The lowest BCUT2D eigenvalue weighted by atomic mass is 9.92. The predicted octanol–water partition coefficient (Wildman–Crippen LogP) is 3.05. The van der Waals surface area contributed by atoms with Gasteiger partial charge in [0, 0.05) is 56.7 Å². The Bertz CT molecular complexity index is 1690. The normalized spacial score (nSPS) is 19.0. The highest BCUT2D eigenvalue weighted by Crippen LogP contribution is 2.33. The number of nitrogens with two attached hydrogens (primary N) is 1. The highest BCUT2D eigenvalue weighted by atomic mass is 32.2. The van der Waals surface area contributed by atoms with E-state index < -0.39 is 21.5 Å². The molecule has 0 aliphatic carbocycles. The van der Waals surface area contributed by atoms with E-state index in [0.29, 0.717) is 30.2 Å². The van der Waals surface area contributed by atoms with Crippen LogP contribution in [-0.4, -0.2) is 92.2 Å². The maximum Gasteiger partial charge on any atom is 0.229 e. The minimum absolute atomic E-state index is 0.0114. The summed E-state index contributed by atoms with van der Waals surface area (Å²) >= 11 is 0. The lowest BCUT2D eigenvalue weighted by molar-refractivity contribution is 0.00183. The highest BCUT2D eigenvalue weighted by molar-refractivity contribution is 7.90. The van der Waals surface area contributed by atoms with Crippen LogP contribution in [-0.2, 0) is 19.3 Å². The molecule has 236 valence electrons. The standard InChI is InChI=1S/C29H35F2N7O5S/c1-18-16-37(17-23(32)28(18)43-10-11-44(3,39)40)26-6-7-33-15-25(26)35-29-34-14-19-4-5-24(36-38(19)29)27-21(30)12-20(13-22(27)31)42-9-8-41-2/h4-7,12-15,18,23,28H,8-11,16-17,32H2,1-3H3,(H,34,35)/t18-,23+,28-/m0/s1. The van der Waals surface area contributed by atoms with Crippen LogP contribution in [0.25, 0.3) is 16.8 Å². The number of methoxy groups -OCH3 is 1. The number of anilines is 3. The molecule has 4 aromatic rings. The fourth-order valence-electron chi connectivity index (χ4n) is 5.23. The van der Waals surface area contributed by atoms with E-state index in [1.54, 1.807) is 24.7 Å². The second-order valence-corrected chi connectivity index (χ2v) is 13.0. The van der Waals surface area contributed by atoms with Gasteiger partial charge in [0.25, 0.3) is 0 Å². The Labute approximate surface area is 254 Å². The largest absolute Gasteiger partial charge is 0.491 e. The summed E-state index contributed by atoms with van der Waals surface area (Å²) in [5, 5.41) is 7.75. The number of hydrogen-bond donors (Lipinski definition) is 2. The Balaban J connectivity index is 1.36. The van der Waals surface area contributed by atoms with Gasteiger partial charge < -0.3 is 30.2 Å². The Hall–Kier alpha value is -3.92. The quantitative estimate of drug-likeness (QED) is 0.223. The number of fused-ring (bicyclic) bond motifs is 1. The molecule has 15 heteroatoms. The Morgan fingerprint density at radius 1 is 1.09 bits per heavy atom. The maximum absolute atomic E-state index is 15.1. The van der Waals surface area contributed by atoms with Gasteiger partial charge in [0.15, 0.2) is 0 Å². The fraction of sp³-hybridized carbons (Fsp3) is 0.414. The average molecular weight is 632 g/mol. The SMILES string of the molecule is COCCOc1cc(F)c(-c2ccc3cnc(Nc4cnccc4N4C[C@@H](N)[C@@H](OCCS(C)(=O)=O)[C@@H](C)C4)n3n2)c(F)c1. The van der Waals surface area contributed by atoms with E-state index in [2.05, 4.69) is 25.3 Å². The number of nitrogens with one attached hydrogen (secondary N) is 1. The van der Waals surface area contributed by atoms with Gasteiger partial charge in [-0.1, -0.05) is 6.92 Å². The molecule has 1 aliphatic rings. The molecule has 0 saturated carbocycles. The van der Waals surface area contributed by atoms with E-state index in [-0.39, 0.29) is 60.6 Å². The molecule has 12 nitrogen and oxygen atoms in total. The molecular formula is C29H35F2N7O5S. The molecular weight excluding hydrogens is 596 g/mol. The van der Waals surface area contributed by atoms with Gasteiger partial charge in [0.1, 0.15) is 33.8 Å². The number of sulfone groups is 1. The van der Waals surface area contributed by atoms with Crippen LogP contribution in [0, 0.1) is 17.6 Å². The monoisotopic (exact) mass is 631 g/mol. The second kappa shape index (κ2) is 13.4. The van der Waals surface area contributed by atoms with Crippen molar-refractivity contribution in [2.75, 3.05) is 62.2 Å². The van der Waals surface area contributed by atoms with Crippen LogP contribution >= 0.6 is 0 Å². The van der Waals surface area contributed by atoms with Gasteiger partial charge in [-0.2, -0.15) is 9.61 Å². The number of hydrogen-bond acceptors (Lipinski definition) is 11. The van der Waals surface area contributed by atoms with Crippen molar-refractivity contribution in [3.05, 3.63) is 60.6 Å². The molecule has 1 aliphatic heterocycles. The number of rotatable bonds is 12. The van der Waals surface area contributed by atoms with Crippen molar-refractivity contribution in [1.29, 1.82) is 0 Å². The Kier molecular flexibility index (Phi) is 9.58. The summed E-state index contributed by atoms with van der Waals surface area (Å²) in [5.74, 6) is -1.32. The molecule has 0 spiro atoms. The van der Waals surface area contributed by atoms with Crippen LogP contribution < -0.4 is 20.7 Å². The topological polar surface area (TPSA) is 146 Å². The van der Waals surface area contributed by atoms with E-state index in [0.717, 1.165) is 17.8 Å². The molecule has 4 heterocycles. The van der Waals surface area contributed by atoms with E-state index in [1.165, 1.54) is 23.9 Å². The van der Waals surface area contributed by atoms with Gasteiger partial charge in [-0.3, -0.25) is 4.98 Å². The third-order valence-corrected chi connectivity index (χ3v) is 8.19. The van der Waals surface area contributed by atoms with Crippen LogP contribution in [0.2, 0.25) is 0 Å². The first-order valence-corrected chi connectivity index (χ1v) is 16.1. The van der Waals surface area contributed by atoms with Crippen molar-refractivity contribution in [2.45, 2.75) is 19.1 Å². The molecule has 5 rings (SSSR count). The molecule has 44 heavy (non-hydrogen) atoms. The molecule has 0 bridgehead atoms. The molecule has 3 aromatic heterocycles. The zero-order chi connectivity index (χ0) is 31.4. The minimum Gasteiger partial charge on any atom is -0.491 e. The summed E-state index contributed by atoms with van der Waals surface area (Å²) < 4.78 is 70.7. The minimum atomic E-state index is -3.14. The first-order valence-electron chi connectivity index (χ1n) is 14.0. The van der Waals surface area contributed by atoms with Crippen LogP contribution in [0.3, 0.4) is 0 Å². The van der Waals surface area contributed by atoms with Gasteiger partial charge in [-0.05, 0) is 18.2 Å². The molecule has 1 fully saturated rings. The smallest absolute Gasteiger partial charge is 0.229 e. The van der Waals surface area contributed by atoms with Crippen LogP contribution in [0.15, 0.2) is 48.9 Å². The van der Waals surface area contributed by atoms with Crippen LogP contribution in [0.4, 0.5) is 26.1 Å². The van der Waals surface area contributed by atoms with E-state index >= 15 is 8.78 Å². The number of imidazole rings is 1. The summed E-state index contributed by atoms with van der Waals surface area (Å²) in [7, 11) is -1.63. The molecule has 0 radical (unpaired) electrons. The van der Waals surface area contributed by atoms with Crippen molar-refractivity contribution in [3.8, 4) is 17.0 Å². The predicted molar refractivity (Wildman–Crippen MR) is 162 cm³/mol. The first-order chi connectivity index (χ1) is 21.0. The molecule has 0 amide bonds. The van der Waals surface area contributed by atoms with Gasteiger partial charge in [0.2, 0.25) is 5.95 Å². The number of nitrogens with zero attached hydrogens (tertiary/aromatic N) is 5. The molecule has 1 saturated heterocycles. The van der Waals surface area contributed by atoms with Crippen molar-refractivity contribution in [3.63, 3.8) is 0 Å². The number of piperidine rings is 1. The van der Waals surface area contributed by atoms with Gasteiger partial charge in [-0.15, -0.1) is 0 Å². The maximum atomic E-state index is 15.1. The molecule has 3 N–H and O–H groups in total. The third-order valence-electron chi connectivity index (χ3n) is 7.28. The van der Waals surface area contributed by atoms with Crippen LogP contribution in [0.5, 0.6) is 5.75 Å². The number of halogens is 2. The number of benzene rings is 1. The van der Waals surface area contributed by atoms with Crippen molar-refractivity contribution < 1.29 is 31.4 Å². The van der Waals surface area contributed by atoms with Gasteiger partial charge in [-0.25, -0.2) is 22.2 Å². The third kappa shape index (κ3) is 7.23. The second-order valence-electron chi connectivity index (χ2n) is 10.8. The average Bonchev–Trinajstić information content (AvgIpc) is 3.36.